The number of carbonyl (C=O) groups excluding carboxylic acids is 1. The molecule has 0 saturated carbocycles. The average Bonchev–Trinajstić information content (AvgIpc) is 2.99. The molecule has 0 saturated heterocycles. The lowest BCUT2D eigenvalue weighted by Gasteiger charge is -2.11. The van der Waals surface area contributed by atoms with Crippen LogP contribution in [0.25, 0.3) is 0 Å². The zero-order valence-corrected chi connectivity index (χ0v) is 11.2. The molecule has 0 bridgehead atoms. The normalized spacial score (nSPS) is 12.1. The minimum atomic E-state index is -0.482. The van der Waals surface area contributed by atoms with Gasteiger partial charge in [-0.1, -0.05) is 30.3 Å². The van der Waals surface area contributed by atoms with Crippen LogP contribution in [0.5, 0.6) is 0 Å². The summed E-state index contributed by atoms with van der Waals surface area (Å²) in [6.07, 6.45) is 3.51. The second-order valence-corrected chi connectivity index (χ2v) is 4.60. The van der Waals surface area contributed by atoms with Crippen LogP contribution in [0.3, 0.4) is 0 Å². The number of rotatable bonds is 7. The molecule has 0 radical (unpaired) electrons. The summed E-state index contributed by atoms with van der Waals surface area (Å²) in [4.78, 5) is 15.8. The highest BCUT2D eigenvalue weighted by Crippen LogP contribution is 2.04. The standard InChI is InChI=1S/C14H19N5O/c15-12(7-6-11-4-2-1-3-5-11)14(20)16-9-8-13-17-10-18-19-13/h1-5,10,12H,6-9,15H2,(H,16,20)(H,17,18,19). The molecule has 1 heterocycles. The molecule has 106 valence electrons. The van der Waals surface area contributed by atoms with Gasteiger partial charge in [0.25, 0.3) is 0 Å². The van der Waals surface area contributed by atoms with Gasteiger partial charge in [-0.3, -0.25) is 9.89 Å². The Hall–Kier alpha value is -2.21. The highest BCUT2D eigenvalue weighted by Gasteiger charge is 2.12. The molecule has 6 heteroatoms. The molecule has 2 aromatic rings. The molecule has 0 aliphatic rings. The largest absolute Gasteiger partial charge is 0.354 e. The summed E-state index contributed by atoms with van der Waals surface area (Å²) in [5.41, 5.74) is 7.07. The van der Waals surface area contributed by atoms with Crippen molar-refractivity contribution in [2.24, 2.45) is 5.73 Å². The third-order valence-corrected chi connectivity index (χ3v) is 3.05. The predicted octanol–water partition coefficient (Wildman–Crippen LogP) is 0.423. The number of carbonyl (C=O) groups is 1. The van der Waals surface area contributed by atoms with E-state index in [1.165, 1.54) is 11.9 Å². The maximum Gasteiger partial charge on any atom is 0.236 e. The smallest absolute Gasteiger partial charge is 0.236 e. The van der Waals surface area contributed by atoms with E-state index in [9.17, 15) is 4.79 Å². The number of benzene rings is 1. The van der Waals surface area contributed by atoms with Crippen molar-refractivity contribution in [3.8, 4) is 0 Å². The number of nitrogens with zero attached hydrogens (tertiary/aromatic N) is 2. The molecule has 1 amide bonds. The minimum absolute atomic E-state index is 0.125. The summed E-state index contributed by atoms with van der Waals surface area (Å²) in [6, 6.07) is 9.53. The highest BCUT2D eigenvalue weighted by molar-refractivity contribution is 5.81. The molecule has 0 fully saturated rings. The maximum atomic E-state index is 11.8. The number of aromatic amines is 1. The summed E-state index contributed by atoms with van der Waals surface area (Å²) in [5, 5.41) is 9.29. The third kappa shape index (κ3) is 4.47. The lowest BCUT2D eigenvalue weighted by atomic mass is 10.1. The van der Waals surface area contributed by atoms with Gasteiger partial charge < -0.3 is 11.1 Å². The molecule has 4 N–H and O–H groups in total. The lowest BCUT2D eigenvalue weighted by molar-refractivity contribution is -0.122. The van der Waals surface area contributed by atoms with Crippen LogP contribution in [-0.2, 0) is 17.6 Å². The van der Waals surface area contributed by atoms with Gasteiger partial charge in [0.1, 0.15) is 12.2 Å². The Labute approximate surface area is 117 Å². The first-order chi connectivity index (χ1) is 9.75. The van der Waals surface area contributed by atoms with Crippen molar-refractivity contribution in [1.82, 2.24) is 20.5 Å². The first kappa shape index (κ1) is 14.2. The van der Waals surface area contributed by atoms with Crippen molar-refractivity contribution < 1.29 is 4.79 Å². The minimum Gasteiger partial charge on any atom is -0.354 e. The molecule has 6 nitrogen and oxygen atoms in total. The number of hydrogen-bond donors (Lipinski definition) is 3. The van der Waals surface area contributed by atoms with Gasteiger partial charge in [0.15, 0.2) is 0 Å². The summed E-state index contributed by atoms with van der Waals surface area (Å²) in [7, 11) is 0. The first-order valence-corrected chi connectivity index (χ1v) is 6.67. The fourth-order valence-electron chi connectivity index (χ4n) is 1.88. The Balaban J connectivity index is 1.66. The molecule has 0 aliphatic heterocycles. The van der Waals surface area contributed by atoms with Crippen molar-refractivity contribution in [3.63, 3.8) is 0 Å². The van der Waals surface area contributed by atoms with Crippen molar-refractivity contribution in [1.29, 1.82) is 0 Å². The van der Waals surface area contributed by atoms with Crippen LogP contribution >= 0.6 is 0 Å². The van der Waals surface area contributed by atoms with Gasteiger partial charge in [0.2, 0.25) is 5.91 Å². The van der Waals surface area contributed by atoms with Crippen LogP contribution < -0.4 is 11.1 Å². The van der Waals surface area contributed by atoms with Crippen LogP contribution in [0.2, 0.25) is 0 Å². The van der Waals surface area contributed by atoms with Crippen molar-refractivity contribution in [3.05, 3.63) is 48.0 Å². The predicted molar refractivity (Wildman–Crippen MR) is 75.8 cm³/mol. The molecular weight excluding hydrogens is 254 g/mol. The van der Waals surface area contributed by atoms with Gasteiger partial charge in [-0.05, 0) is 18.4 Å². The Morgan fingerprint density at radius 1 is 1.30 bits per heavy atom. The zero-order valence-electron chi connectivity index (χ0n) is 11.2. The Morgan fingerprint density at radius 2 is 2.10 bits per heavy atom. The van der Waals surface area contributed by atoms with E-state index in [2.05, 4.69) is 20.5 Å². The molecule has 1 aromatic heterocycles. The number of hydrogen-bond acceptors (Lipinski definition) is 4. The molecule has 2 rings (SSSR count). The van der Waals surface area contributed by atoms with Crippen LogP contribution in [0.4, 0.5) is 0 Å². The third-order valence-electron chi connectivity index (χ3n) is 3.05. The van der Waals surface area contributed by atoms with Crippen molar-refractivity contribution >= 4 is 5.91 Å². The second-order valence-electron chi connectivity index (χ2n) is 4.60. The summed E-state index contributed by atoms with van der Waals surface area (Å²) >= 11 is 0. The van der Waals surface area contributed by atoms with E-state index in [0.29, 0.717) is 19.4 Å². The molecule has 0 aliphatic carbocycles. The van der Waals surface area contributed by atoms with Gasteiger partial charge in [-0.2, -0.15) is 5.10 Å². The fraction of sp³-hybridized carbons (Fsp3) is 0.357. The SMILES string of the molecule is NC(CCc1ccccc1)C(=O)NCCc1ncn[nH]1. The van der Waals surface area contributed by atoms with Crippen LogP contribution in [0, 0.1) is 0 Å². The number of nitrogens with two attached hydrogens (primary N) is 1. The van der Waals surface area contributed by atoms with E-state index in [4.69, 9.17) is 5.73 Å². The molecule has 1 atom stereocenters. The Morgan fingerprint density at radius 3 is 2.80 bits per heavy atom. The maximum absolute atomic E-state index is 11.8. The topological polar surface area (TPSA) is 96.7 Å². The van der Waals surface area contributed by atoms with E-state index in [1.807, 2.05) is 30.3 Å². The second kappa shape index (κ2) is 7.40. The van der Waals surface area contributed by atoms with Crippen molar-refractivity contribution in [2.45, 2.75) is 25.3 Å². The number of nitrogens with one attached hydrogen (secondary N) is 2. The fourth-order valence-corrected chi connectivity index (χ4v) is 1.88. The lowest BCUT2D eigenvalue weighted by Crippen LogP contribution is -2.41. The van der Waals surface area contributed by atoms with E-state index >= 15 is 0 Å². The van der Waals surface area contributed by atoms with Crippen LogP contribution in [0.15, 0.2) is 36.7 Å². The van der Waals surface area contributed by atoms with E-state index in [1.54, 1.807) is 0 Å². The molecular formula is C14H19N5O. The monoisotopic (exact) mass is 273 g/mol. The van der Waals surface area contributed by atoms with E-state index < -0.39 is 6.04 Å². The number of amides is 1. The Bertz CT molecular complexity index is 512. The summed E-state index contributed by atoms with van der Waals surface area (Å²) in [6.45, 7) is 0.507. The molecule has 1 unspecified atom stereocenters. The average molecular weight is 273 g/mol. The first-order valence-electron chi connectivity index (χ1n) is 6.67. The number of aryl methyl sites for hydroxylation is 1. The van der Waals surface area contributed by atoms with Crippen LogP contribution in [-0.4, -0.2) is 33.7 Å². The van der Waals surface area contributed by atoms with E-state index in [0.717, 1.165) is 12.2 Å². The van der Waals surface area contributed by atoms with Crippen LogP contribution in [0.1, 0.15) is 17.8 Å². The van der Waals surface area contributed by atoms with Crippen molar-refractivity contribution in [2.75, 3.05) is 6.54 Å². The summed E-state index contributed by atoms with van der Waals surface area (Å²) in [5.74, 6) is 0.628. The van der Waals surface area contributed by atoms with Gasteiger partial charge in [-0.25, -0.2) is 4.98 Å². The Kier molecular flexibility index (Phi) is 5.25. The molecule has 0 spiro atoms. The summed E-state index contributed by atoms with van der Waals surface area (Å²) < 4.78 is 0. The quantitative estimate of drug-likeness (QED) is 0.681. The zero-order chi connectivity index (χ0) is 14.2. The number of aromatic nitrogens is 3. The molecule has 1 aromatic carbocycles. The van der Waals surface area contributed by atoms with E-state index in [-0.39, 0.29) is 5.91 Å². The van der Waals surface area contributed by atoms with Gasteiger partial charge in [0.05, 0.1) is 6.04 Å². The molecule has 20 heavy (non-hydrogen) atoms. The van der Waals surface area contributed by atoms with Gasteiger partial charge >= 0.3 is 0 Å². The highest BCUT2D eigenvalue weighted by atomic mass is 16.2. The number of H-pyrrole nitrogens is 1. The van der Waals surface area contributed by atoms with Gasteiger partial charge in [0, 0.05) is 13.0 Å². The van der Waals surface area contributed by atoms with Gasteiger partial charge in [-0.15, -0.1) is 0 Å².